The van der Waals surface area contributed by atoms with Crippen LogP contribution in [0, 0.1) is 11.8 Å². The Morgan fingerprint density at radius 2 is 1.94 bits per heavy atom. The Balaban J connectivity index is 2.29. The molecule has 0 aromatic heterocycles. The summed E-state index contributed by atoms with van der Waals surface area (Å²) >= 11 is 0. The zero-order chi connectivity index (χ0) is 13.5. The average molecular weight is 255 g/mol. The fourth-order valence-corrected chi connectivity index (χ4v) is 2.51. The van der Waals surface area contributed by atoms with Gasteiger partial charge >= 0.3 is 5.97 Å². The van der Waals surface area contributed by atoms with Gasteiger partial charge in [0.25, 0.3) is 0 Å². The van der Waals surface area contributed by atoms with Crippen molar-refractivity contribution in [3.8, 4) is 0 Å². The van der Waals surface area contributed by atoms with E-state index in [1.165, 1.54) is 12.8 Å². The third-order valence-corrected chi connectivity index (χ3v) is 3.91. The molecule has 0 aromatic carbocycles. The molecular formula is C14H25NO3. The van der Waals surface area contributed by atoms with Gasteiger partial charge in [-0.15, -0.1) is 0 Å². The molecule has 1 N–H and O–H groups in total. The van der Waals surface area contributed by atoms with E-state index in [-0.39, 0.29) is 30.8 Å². The Morgan fingerprint density at radius 3 is 2.61 bits per heavy atom. The summed E-state index contributed by atoms with van der Waals surface area (Å²) in [5.41, 5.74) is 0. The van der Waals surface area contributed by atoms with Crippen LogP contribution in [-0.2, 0) is 14.3 Å². The molecule has 3 atom stereocenters. The van der Waals surface area contributed by atoms with Crippen molar-refractivity contribution in [3.63, 3.8) is 0 Å². The Bertz CT molecular complexity index is 291. The van der Waals surface area contributed by atoms with Crippen LogP contribution in [0.2, 0.25) is 0 Å². The fourth-order valence-electron chi connectivity index (χ4n) is 2.51. The van der Waals surface area contributed by atoms with Gasteiger partial charge in [0.05, 0.1) is 13.0 Å². The summed E-state index contributed by atoms with van der Waals surface area (Å²) in [5.74, 6) is 0.853. The van der Waals surface area contributed by atoms with Crippen molar-refractivity contribution in [2.24, 2.45) is 11.8 Å². The highest BCUT2D eigenvalue weighted by atomic mass is 16.5. The van der Waals surface area contributed by atoms with Crippen LogP contribution in [0.1, 0.15) is 52.9 Å². The molecule has 0 unspecified atom stereocenters. The first-order valence-corrected chi connectivity index (χ1v) is 6.99. The molecule has 1 rings (SSSR count). The normalized spacial score (nSPS) is 27.6. The topological polar surface area (TPSA) is 55.4 Å². The molecule has 0 saturated heterocycles. The van der Waals surface area contributed by atoms with Crippen molar-refractivity contribution in [2.75, 3.05) is 6.61 Å². The smallest absolute Gasteiger partial charge is 0.306 e. The van der Waals surface area contributed by atoms with Gasteiger partial charge in [-0.05, 0) is 25.2 Å². The Hall–Kier alpha value is -1.06. The second-order valence-electron chi connectivity index (χ2n) is 5.25. The number of amides is 1. The lowest BCUT2D eigenvalue weighted by atomic mass is 9.78. The monoisotopic (exact) mass is 255 g/mol. The Morgan fingerprint density at radius 1 is 1.22 bits per heavy atom. The van der Waals surface area contributed by atoms with Crippen LogP contribution in [0.15, 0.2) is 0 Å². The molecule has 0 aromatic rings. The van der Waals surface area contributed by atoms with E-state index >= 15 is 0 Å². The van der Waals surface area contributed by atoms with E-state index in [1.807, 2.05) is 0 Å². The lowest BCUT2D eigenvalue weighted by Gasteiger charge is -2.34. The minimum Gasteiger partial charge on any atom is -0.466 e. The second kappa shape index (κ2) is 7.39. The van der Waals surface area contributed by atoms with Gasteiger partial charge in [-0.25, -0.2) is 0 Å². The molecule has 0 bridgehead atoms. The van der Waals surface area contributed by atoms with E-state index in [9.17, 15) is 9.59 Å². The van der Waals surface area contributed by atoms with E-state index in [1.54, 1.807) is 6.92 Å². The third kappa shape index (κ3) is 4.67. The predicted molar refractivity (Wildman–Crippen MR) is 70.0 cm³/mol. The molecule has 0 aliphatic heterocycles. The molecule has 1 fully saturated rings. The van der Waals surface area contributed by atoms with Crippen molar-refractivity contribution in [3.05, 3.63) is 0 Å². The van der Waals surface area contributed by atoms with Crippen LogP contribution in [0.4, 0.5) is 0 Å². The molecule has 104 valence electrons. The number of carbonyl (C=O) groups is 2. The van der Waals surface area contributed by atoms with Gasteiger partial charge < -0.3 is 10.1 Å². The van der Waals surface area contributed by atoms with Crippen molar-refractivity contribution >= 4 is 11.9 Å². The summed E-state index contributed by atoms with van der Waals surface area (Å²) in [5, 5.41) is 3.05. The van der Waals surface area contributed by atoms with Crippen LogP contribution in [-0.4, -0.2) is 24.5 Å². The SMILES string of the molecule is CCOC(=O)CCC(=O)N[C@@H]1CCC[C@@H](C)[C@@H]1C. The number of hydrogen-bond acceptors (Lipinski definition) is 3. The molecule has 1 saturated carbocycles. The molecule has 1 aliphatic rings. The number of hydrogen-bond donors (Lipinski definition) is 1. The number of carbonyl (C=O) groups excluding carboxylic acids is 2. The first-order valence-electron chi connectivity index (χ1n) is 6.99. The number of nitrogens with one attached hydrogen (secondary N) is 1. The number of esters is 1. The third-order valence-electron chi connectivity index (χ3n) is 3.91. The maximum Gasteiger partial charge on any atom is 0.306 e. The Labute approximate surface area is 109 Å². The lowest BCUT2D eigenvalue weighted by Crippen LogP contribution is -2.43. The van der Waals surface area contributed by atoms with Crippen molar-refractivity contribution in [1.82, 2.24) is 5.32 Å². The van der Waals surface area contributed by atoms with E-state index in [4.69, 9.17) is 4.74 Å². The molecule has 1 aliphatic carbocycles. The maximum absolute atomic E-state index is 11.8. The van der Waals surface area contributed by atoms with Gasteiger partial charge in [-0.3, -0.25) is 9.59 Å². The molecule has 4 nitrogen and oxygen atoms in total. The van der Waals surface area contributed by atoms with Gasteiger partial charge in [0.1, 0.15) is 0 Å². The highest BCUT2D eigenvalue weighted by molar-refractivity contribution is 5.81. The first kappa shape index (κ1) is 15.0. The van der Waals surface area contributed by atoms with Crippen LogP contribution >= 0.6 is 0 Å². The number of ether oxygens (including phenoxy) is 1. The summed E-state index contributed by atoms with van der Waals surface area (Å²) < 4.78 is 4.80. The van der Waals surface area contributed by atoms with E-state index < -0.39 is 0 Å². The minimum atomic E-state index is -0.294. The number of rotatable bonds is 5. The summed E-state index contributed by atoms with van der Waals surface area (Å²) in [6.07, 6.45) is 3.88. The molecule has 0 radical (unpaired) electrons. The van der Waals surface area contributed by atoms with E-state index in [2.05, 4.69) is 19.2 Å². The van der Waals surface area contributed by atoms with Crippen molar-refractivity contribution in [1.29, 1.82) is 0 Å². The van der Waals surface area contributed by atoms with E-state index in [0.717, 1.165) is 6.42 Å². The molecule has 1 amide bonds. The fraction of sp³-hybridized carbons (Fsp3) is 0.857. The van der Waals surface area contributed by atoms with Crippen LogP contribution < -0.4 is 5.32 Å². The molecule has 4 heteroatoms. The van der Waals surface area contributed by atoms with E-state index in [0.29, 0.717) is 18.4 Å². The Kier molecular flexibility index (Phi) is 6.16. The maximum atomic E-state index is 11.8. The van der Waals surface area contributed by atoms with Crippen LogP contribution in [0.3, 0.4) is 0 Å². The highest BCUT2D eigenvalue weighted by Crippen LogP contribution is 2.29. The standard InChI is InChI=1S/C14H25NO3/c1-4-18-14(17)9-8-13(16)15-12-7-5-6-10(2)11(12)3/h10-12H,4-9H2,1-3H3,(H,15,16)/t10-,11+,12-/m1/s1. The summed E-state index contributed by atoms with van der Waals surface area (Å²) in [6.45, 7) is 6.57. The quantitative estimate of drug-likeness (QED) is 0.767. The summed E-state index contributed by atoms with van der Waals surface area (Å²) in [7, 11) is 0. The van der Waals surface area contributed by atoms with Gasteiger partial charge in [-0.2, -0.15) is 0 Å². The van der Waals surface area contributed by atoms with Crippen LogP contribution in [0.25, 0.3) is 0 Å². The van der Waals surface area contributed by atoms with Crippen molar-refractivity contribution < 1.29 is 14.3 Å². The molecular weight excluding hydrogens is 230 g/mol. The van der Waals surface area contributed by atoms with Gasteiger partial charge in [-0.1, -0.05) is 26.7 Å². The summed E-state index contributed by atoms with van der Waals surface area (Å²) in [4.78, 5) is 22.9. The molecule has 0 heterocycles. The van der Waals surface area contributed by atoms with Gasteiger partial charge in [0.15, 0.2) is 0 Å². The zero-order valence-electron chi connectivity index (χ0n) is 11.7. The average Bonchev–Trinajstić information content (AvgIpc) is 2.33. The molecule has 18 heavy (non-hydrogen) atoms. The lowest BCUT2D eigenvalue weighted by molar-refractivity contribution is -0.144. The predicted octanol–water partition coefficient (Wildman–Crippen LogP) is 2.27. The second-order valence-corrected chi connectivity index (χ2v) is 5.25. The highest BCUT2D eigenvalue weighted by Gasteiger charge is 2.28. The first-order chi connectivity index (χ1) is 8.54. The largest absolute Gasteiger partial charge is 0.466 e. The minimum absolute atomic E-state index is 0.0333. The van der Waals surface area contributed by atoms with Gasteiger partial charge in [0, 0.05) is 12.5 Å². The van der Waals surface area contributed by atoms with Gasteiger partial charge in [0.2, 0.25) is 5.91 Å². The molecule has 0 spiro atoms. The van der Waals surface area contributed by atoms with Crippen LogP contribution in [0.5, 0.6) is 0 Å². The summed E-state index contributed by atoms with van der Waals surface area (Å²) in [6, 6.07) is 0.267. The van der Waals surface area contributed by atoms with Crippen molar-refractivity contribution in [2.45, 2.75) is 58.9 Å². The zero-order valence-corrected chi connectivity index (χ0v) is 11.7.